The summed E-state index contributed by atoms with van der Waals surface area (Å²) in [5.74, 6) is -0.0823. The lowest BCUT2D eigenvalue weighted by molar-refractivity contribution is -0.121. The molecule has 0 aliphatic carbocycles. The van der Waals surface area contributed by atoms with E-state index in [1.54, 1.807) is 11.9 Å². The zero-order valence-corrected chi connectivity index (χ0v) is 12.1. The average Bonchev–Trinajstić information content (AvgIpc) is 2.25. The summed E-state index contributed by atoms with van der Waals surface area (Å²) in [6, 6.07) is -0.496. The molecule has 19 heavy (non-hydrogen) atoms. The third-order valence-corrected chi connectivity index (χ3v) is 2.22. The van der Waals surface area contributed by atoms with Crippen LogP contribution in [-0.4, -0.2) is 68.4 Å². The van der Waals surface area contributed by atoms with E-state index in [2.05, 4.69) is 10.6 Å². The number of carbonyl (C=O) groups is 2. The molecule has 3 N–H and O–H groups in total. The highest BCUT2D eigenvalue weighted by Gasteiger charge is 2.13. The maximum Gasteiger partial charge on any atom is 0.321 e. The zero-order chi connectivity index (χ0) is 14.8. The highest BCUT2D eigenvalue weighted by atomic mass is 16.5. The Bertz CT molecular complexity index is 284. The van der Waals surface area contributed by atoms with Crippen LogP contribution in [0.3, 0.4) is 0 Å². The summed E-state index contributed by atoms with van der Waals surface area (Å²) in [6.07, 6.45) is -0.655. The van der Waals surface area contributed by atoms with Crippen molar-refractivity contribution >= 4 is 11.9 Å². The maximum absolute atomic E-state index is 11.5. The number of likely N-dealkylation sites (N-methyl/N-ethyl adjacent to an activating group) is 1. The molecule has 0 bridgehead atoms. The molecule has 0 aromatic carbocycles. The van der Waals surface area contributed by atoms with Crippen molar-refractivity contribution in [1.82, 2.24) is 15.5 Å². The van der Waals surface area contributed by atoms with E-state index in [9.17, 15) is 14.7 Å². The first-order chi connectivity index (χ1) is 8.85. The van der Waals surface area contributed by atoms with Gasteiger partial charge in [0.15, 0.2) is 0 Å². The molecule has 0 saturated carbocycles. The van der Waals surface area contributed by atoms with Gasteiger partial charge < -0.3 is 15.2 Å². The van der Waals surface area contributed by atoms with Crippen molar-refractivity contribution < 1.29 is 19.4 Å². The molecule has 0 radical (unpaired) electrons. The molecule has 0 aromatic rings. The first kappa shape index (κ1) is 17.8. The van der Waals surface area contributed by atoms with Crippen LogP contribution in [0.25, 0.3) is 0 Å². The lowest BCUT2D eigenvalue weighted by atomic mass is 10.2. The topological polar surface area (TPSA) is 90.9 Å². The summed E-state index contributed by atoms with van der Waals surface area (Å²) in [7, 11) is 3.18. The normalized spacial score (nSPS) is 12.6. The van der Waals surface area contributed by atoms with Gasteiger partial charge in [-0.3, -0.25) is 15.0 Å². The second-order valence-corrected chi connectivity index (χ2v) is 4.96. The van der Waals surface area contributed by atoms with Gasteiger partial charge in [-0.05, 0) is 13.0 Å². The Morgan fingerprint density at radius 1 is 1.37 bits per heavy atom. The lowest BCUT2D eigenvalue weighted by Crippen LogP contribution is -2.45. The number of nitrogens with one attached hydrogen (secondary N) is 2. The van der Waals surface area contributed by atoms with Gasteiger partial charge in [0.2, 0.25) is 5.91 Å². The molecule has 7 heteroatoms. The van der Waals surface area contributed by atoms with E-state index in [1.807, 2.05) is 13.8 Å². The quantitative estimate of drug-likeness (QED) is 0.551. The number of carbonyl (C=O) groups excluding carboxylic acids is 2. The number of aliphatic hydroxyl groups excluding tert-OH is 1. The number of nitrogens with zero attached hydrogens (tertiary/aromatic N) is 1. The molecule has 0 aliphatic rings. The largest absolute Gasteiger partial charge is 0.389 e. The van der Waals surface area contributed by atoms with E-state index in [-0.39, 0.29) is 13.2 Å². The molecule has 112 valence electrons. The molecule has 7 nitrogen and oxygen atoms in total. The highest BCUT2D eigenvalue weighted by Crippen LogP contribution is 1.90. The van der Waals surface area contributed by atoms with Crippen LogP contribution in [0.4, 0.5) is 4.79 Å². The van der Waals surface area contributed by atoms with E-state index < -0.39 is 18.0 Å². The van der Waals surface area contributed by atoms with E-state index >= 15 is 0 Å². The Balaban J connectivity index is 3.86. The van der Waals surface area contributed by atoms with Crippen LogP contribution < -0.4 is 10.6 Å². The predicted octanol–water partition coefficient (Wildman–Crippen LogP) is -0.593. The molecule has 3 amide bonds. The van der Waals surface area contributed by atoms with Gasteiger partial charge in [0.25, 0.3) is 0 Å². The van der Waals surface area contributed by atoms with Crippen molar-refractivity contribution in [3.63, 3.8) is 0 Å². The molecule has 1 unspecified atom stereocenters. The van der Waals surface area contributed by atoms with Gasteiger partial charge >= 0.3 is 6.03 Å². The number of rotatable bonds is 8. The van der Waals surface area contributed by atoms with Crippen LogP contribution in [0.2, 0.25) is 0 Å². The number of amides is 3. The van der Waals surface area contributed by atoms with E-state index in [0.717, 1.165) is 0 Å². The van der Waals surface area contributed by atoms with Crippen LogP contribution in [-0.2, 0) is 9.53 Å². The molecule has 0 aromatic heterocycles. The minimum Gasteiger partial charge on any atom is -0.389 e. The van der Waals surface area contributed by atoms with E-state index in [0.29, 0.717) is 19.0 Å². The minimum absolute atomic E-state index is 0.0376. The highest BCUT2D eigenvalue weighted by molar-refractivity contribution is 5.95. The summed E-state index contributed by atoms with van der Waals surface area (Å²) in [6.45, 7) is 4.99. The van der Waals surface area contributed by atoms with E-state index in [4.69, 9.17) is 4.74 Å². The minimum atomic E-state index is -0.655. The number of hydrogen-bond donors (Lipinski definition) is 3. The van der Waals surface area contributed by atoms with Crippen molar-refractivity contribution in [2.24, 2.45) is 5.92 Å². The van der Waals surface area contributed by atoms with Crippen molar-refractivity contribution in [2.75, 3.05) is 40.4 Å². The smallest absolute Gasteiger partial charge is 0.321 e. The standard InChI is InChI=1S/C12H25N3O4/c1-9(2)5-13-12(18)14-11(17)7-15(3)6-10(16)8-19-4/h9-10,16H,5-8H2,1-4H3,(H2,13,14,17,18). The summed E-state index contributed by atoms with van der Waals surface area (Å²) in [5, 5.41) is 14.3. The summed E-state index contributed by atoms with van der Waals surface area (Å²) >= 11 is 0. The number of methoxy groups -OCH3 is 1. The molecule has 1 atom stereocenters. The van der Waals surface area contributed by atoms with Gasteiger partial charge in [-0.25, -0.2) is 4.79 Å². The number of imide groups is 1. The van der Waals surface area contributed by atoms with Crippen LogP contribution in [0.15, 0.2) is 0 Å². The number of urea groups is 1. The monoisotopic (exact) mass is 275 g/mol. The Hall–Kier alpha value is -1.18. The molecule has 0 aliphatic heterocycles. The zero-order valence-electron chi connectivity index (χ0n) is 12.1. The van der Waals surface area contributed by atoms with Crippen LogP contribution >= 0.6 is 0 Å². The van der Waals surface area contributed by atoms with Crippen LogP contribution in [0.1, 0.15) is 13.8 Å². The molecule has 0 rings (SSSR count). The first-order valence-corrected chi connectivity index (χ1v) is 6.28. The lowest BCUT2D eigenvalue weighted by Gasteiger charge is -2.19. The summed E-state index contributed by atoms with van der Waals surface area (Å²) < 4.78 is 4.79. The van der Waals surface area contributed by atoms with Crippen LogP contribution in [0, 0.1) is 5.92 Å². The number of aliphatic hydroxyl groups is 1. The predicted molar refractivity (Wildman–Crippen MR) is 71.8 cm³/mol. The Morgan fingerprint density at radius 2 is 2.00 bits per heavy atom. The summed E-state index contributed by atoms with van der Waals surface area (Å²) in [4.78, 5) is 24.5. The van der Waals surface area contributed by atoms with Gasteiger partial charge in [0.05, 0.1) is 19.3 Å². The van der Waals surface area contributed by atoms with Crippen molar-refractivity contribution in [3.8, 4) is 0 Å². The Kier molecular flexibility index (Phi) is 9.11. The molecular formula is C12H25N3O4. The van der Waals surface area contributed by atoms with Gasteiger partial charge in [-0.1, -0.05) is 13.8 Å². The van der Waals surface area contributed by atoms with E-state index in [1.165, 1.54) is 7.11 Å². The van der Waals surface area contributed by atoms with Crippen molar-refractivity contribution in [1.29, 1.82) is 0 Å². The Labute approximate surface area is 114 Å². The molecule has 0 saturated heterocycles. The van der Waals surface area contributed by atoms with Gasteiger partial charge in [-0.2, -0.15) is 0 Å². The SMILES string of the molecule is COCC(O)CN(C)CC(=O)NC(=O)NCC(C)C. The third-order valence-electron chi connectivity index (χ3n) is 2.22. The van der Waals surface area contributed by atoms with Crippen molar-refractivity contribution in [3.05, 3.63) is 0 Å². The van der Waals surface area contributed by atoms with Crippen LogP contribution in [0.5, 0.6) is 0 Å². The fourth-order valence-corrected chi connectivity index (χ4v) is 1.42. The number of ether oxygens (including phenoxy) is 1. The molecular weight excluding hydrogens is 250 g/mol. The molecule has 0 heterocycles. The second kappa shape index (κ2) is 9.71. The second-order valence-electron chi connectivity index (χ2n) is 4.96. The maximum atomic E-state index is 11.5. The van der Waals surface area contributed by atoms with Crippen molar-refractivity contribution in [2.45, 2.75) is 20.0 Å². The fourth-order valence-electron chi connectivity index (χ4n) is 1.42. The Morgan fingerprint density at radius 3 is 2.53 bits per heavy atom. The first-order valence-electron chi connectivity index (χ1n) is 6.28. The van der Waals surface area contributed by atoms with Gasteiger partial charge in [0, 0.05) is 20.2 Å². The third kappa shape index (κ3) is 10.4. The van der Waals surface area contributed by atoms with Gasteiger partial charge in [0.1, 0.15) is 0 Å². The average molecular weight is 275 g/mol. The summed E-state index contributed by atoms with van der Waals surface area (Å²) in [5.41, 5.74) is 0. The fraction of sp³-hybridized carbons (Fsp3) is 0.833. The number of hydrogen-bond acceptors (Lipinski definition) is 5. The molecule has 0 spiro atoms. The molecule has 0 fully saturated rings. The van der Waals surface area contributed by atoms with Gasteiger partial charge in [-0.15, -0.1) is 0 Å².